The van der Waals surface area contributed by atoms with Crippen molar-refractivity contribution in [3.05, 3.63) is 58.7 Å². The van der Waals surface area contributed by atoms with E-state index in [1.54, 1.807) is 14.2 Å². The van der Waals surface area contributed by atoms with Crippen molar-refractivity contribution >= 4 is 5.97 Å². The normalized spacial score (nSPS) is 21.4. The lowest BCUT2D eigenvalue weighted by Gasteiger charge is -2.34. The maximum atomic E-state index is 12.5. The molecule has 138 valence electrons. The van der Waals surface area contributed by atoms with Crippen LogP contribution in [0.5, 0.6) is 11.5 Å². The summed E-state index contributed by atoms with van der Waals surface area (Å²) in [5, 5.41) is 0. The Labute approximate surface area is 155 Å². The van der Waals surface area contributed by atoms with E-state index in [1.807, 2.05) is 45.0 Å². The minimum Gasteiger partial charge on any atom is -0.496 e. The highest BCUT2D eigenvalue weighted by Crippen LogP contribution is 2.50. The molecule has 4 heteroatoms. The van der Waals surface area contributed by atoms with Gasteiger partial charge in [-0.25, -0.2) is 0 Å². The number of benzene rings is 2. The lowest BCUT2D eigenvalue weighted by molar-refractivity contribution is -0.148. The fraction of sp³-hybridized carbons (Fsp3) is 0.409. The first-order chi connectivity index (χ1) is 12.3. The van der Waals surface area contributed by atoms with E-state index in [4.69, 9.17) is 14.2 Å². The van der Waals surface area contributed by atoms with Gasteiger partial charge in [0.1, 0.15) is 11.5 Å². The Morgan fingerprint density at radius 1 is 0.885 bits per heavy atom. The summed E-state index contributed by atoms with van der Waals surface area (Å²) in [5.74, 6) is 1.29. The number of aryl methyl sites for hydroxylation is 2. The van der Waals surface area contributed by atoms with Crippen molar-refractivity contribution in [2.24, 2.45) is 11.8 Å². The van der Waals surface area contributed by atoms with Gasteiger partial charge < -0.3 is 14.2 Å². The number of cyclic esters (lactones) is 1. The quantitative estimate of drug-likeness (QED) is 0.764. The van der Waals surface area contributed by atoms with E-state index in [9.17, 15) is 4.79 Å². The molecule has 26 heavy (non-hydrogen) atoms. The number of carbonyl (C=O) groups excluding carboxylic acids is 1. The largest absolute Gasteiger partial charge is 0.496 e. The maximum Gasteiger partial charge on any atom is 0.310 e. The van der Waals surface area contributed by atoms with Crippen LogP contribution in [0.25, 0.3) is 0 Å². The number of carbonyl (C=O) groups is 1. The van der Waals surface area contributed by atoms with Crippen LogP contribution in [-0.4, -0.2) is 20.2 Å². The van der Waals surface area contributed by atoms with Crippen LogP contribution in [0.1, 0.15) is 36.1 Å². The second-order valence-electron chi connectivity index (χ2n) is 7.10. The van der Waals surface area contributed by atoms with Gasteiger partial charge in [-0.3, -0.25) is 4.79 Å². The highest BCUT2D eigenvalue weighted by atomic mass is 16.6. The van der Waals surface area contributed by atoms with Gasteiger partial charge in [0.15, 0.2) is 5.60 Å². The lowest BCUT2D eigenvalue weighted by atomic mass is 9.73. The van der Waals surface area contributed by atoms with E-state index in [2.05, 4.69) is 19.1 Å². The Bertz CT molecular complexity index is 787. The molecule has 0 aromatic heterocycles. The average Bonchev–Trinajstić information content (AvgIpc) is 2.86. The van der Waals surface area contributed by atoms with E-state index < -0.39 is 5.60 Å². The summed E-state index contributed by atoms with van der Waals surface area (Å²) >= 11 is 0. The molecule has 0 radical (unpaired) electrons. The molecular weight excluding hydrogens is 328 g/mol. The summed E-state index contributed by atoms with van der Waals surface area (Å²) in [7, 11) is 3.32. The maximum absolute atomic E-state index is 12.5. The van der Waals surface area contributed by atoms with Gasteiger partial charge in [0.05, 0.1) is 20.1 Å². The molecular formula is C22H26O4. The van der Waals surface area contributed by atoms with Crippen molar-refractivity contribution < 1.29 is 19.0 Å². The summed E-state index contributed by atoms with van der Waals surface area (Å²) in [6.07, 6.45) is 0. The summed E-state index contributed by atoms with van der Waals surface area (Å²) in [6, 6.07) is 12.0. The Balaban J connectivity index is 2.23. The van der Waals surface area contributed by atoms with E-state index in [-0.39, 0.29) is 17.8 Å². The average molecular weight is 354 g/mol. The molecule has 0 amide bonds. The topological polar surface area (TPSA) is 44.8 Å². The Kier molecular flexibility index (Phi) is 4.70. The summed E-state index contributed by atoms with van der Waals surface area (Å²) in [6.45, 7) is 8.01. The van der Waals surface area contributed by atoms with Crippen molar-refractivity contribution in [3.63, 3.8) is 0 Å². The number of methoxy groups -OCH3 is 2. The third-order valence-corrected chi connectivity index (χ3v) is 5.67. The highest BCUT2D eigenvalue weighted by molar-refractivity contribution is 5.77. The van der Waals surface area contributed by atoms with Gasteiger partial charge in [0.25, 0.3) is 0 Å². The molecule has 2 aromatic carbocycles. The number of hydrogen-bond donors (Lipinski definition) is 0. The van der Waals surface area contributed by atoms with Crippen molar-refractivity contribution in [3.8, 4) is 11.5 Å². The molecule has 0 spiro atoms. The third-order valence-electron chi connectivity index (χ3n) is 5.67. The minimum absolute atomic E-state index is 0.00408. The summed E-state index contributed by atoms with van der Waals surface area (Å²) in [4.78, 5) is 12.5. The van der Waals surface area contributed by atoms with E-state index in [0.717, 1.165) is 33.8 Å². The minimum atomic E-state index is -0.815. The standard InChI is InChI=1S/C22H26O4/c1-13-11-17(7-9-19(13)24-5)22(16(4)15(3)21(23)26-22)18-8-10-20(25-6)14(2)12-18/h7-12,15-16H,1-6H3. The van der Waals surface area contributed by atoms with Crippen LogP contribution in [0.2, 0.25) is 0 Å². The van der Waals surface area contributed by atoms with Gasteiger partial charge in [0, 0.05) is 17.0 Å². The van der Waals surface area contributed by atoms with Gasteiger partial charge in [-0.1, -0.05) is 26.0 Å². The Hall–Kier alpha value is -2.49. The molecule has 0 saturated carbocycles. The van der Waals surface area contributed by atoms with E-state index in [1.165, 1.54) is 0 Å². The third kappa shape index (κ3) is 2.64. The zero-order chi connectivity index (χ0) is 19.1. The fourth-order valence-electron chi connectivity index (χ4n) is 3.93. The molecule has 0 aliphatic carbocycles. The summed E-state index contributed by atoms with van der Waals surface area (Å²) in [5.41, 5.74) is 3.14. The monoisotopic (exact) mass is 354 g/mol. The van der Waals surface area contributed by atoms with Gasteiger partial charge >= 0.3 is 5.97 Å². The molecule has 2 atom stereocenters. The molecule has 3 rings (SSSR count). The predicted molar refractivity (Wildman–Crippen MR) is 101 cm³/mol. The Morgan fingerprint density at radius 3 is 1.65 bits per heavy atom. The van der Waals surface area contributed by atoms with Gasteiger partial charge in [-0.15, -0.1) is 0 Å². The van der Waals surface area contributed by atoms with Crippen molar-refractivity contribution in [1.82, 2.24) is 0 Å². The van der Waals surface area contributed by atoms with Crippen molar-refractivity contribution in [2.45, 2.75) is 33.3 Å². The van der Waals surface area contributed by atoms with Crippen molar-refractivity contribution in [2.75, 3.05) is 14.2 Å². The van der Waals surface area contributed by atoms with E-state index >= 15 is 0 Å². The number of hydrogen-bond acceptors (Lipinski definition) is 4. The molecule has 1 heterocycles. The first-order valence-corrected chi connectivity index (χ1v) is 8.88. The van der Waals surface area contributed by atoms with Crippen LogP contribution >= 0.6 is 0 Å². The second kappa shape index (κ2) is 6.67. The Morgan fingerprint density at radius 2 is 1.35 bits per heavy atom. The molecule has 1 fully saturated rings. The van der Waals surface area contributed by atoms with Crippen LogP contribution < -0.4 is 9.47 Å². The number of ether oxygens (including phenoxy) is 3. The SMILES string of the molecule is COc1ccc(C2(c3ccc(OC)c(C)c3)OC(=O)C(C)C2C)cc1C. The first-order valence-electron chi connectivity index (χ1n) is 8.88. The van der Waals surface area contributed by atoms with Crippen LogP contribution in [0.4, 0.5) is 0 Å². The number of rotatable bonds is 4. The van der Waals surface area contributed by atoms with Crippen LogP contribution in [0.3, 0.4) is 0 Å². The van der Waals surface area contributed by atoms with Crippen LogP contribution in [-0.2, 0) is 15.1 Å². The molecule has 0 bridgehead atoms. The van der Waals surface area contributed by atoms with E-state index in [0.29, 0.717) is 0 Å². The zero-order valence-corrected chi connectivity index (χ0v) is 16.3. The molecule has 1 aliphatic rings. The van der Waals surface area contributed by atoms with Gasteiger partial charge in [-0.05, 0) is 49.2 Å². The van der Waals surface area contributed by atoms with Gasteiger partial charge in [0.2, 0.25) is 0 Å². The van der Waals surface area contributed by atoms with Crippen LogP contribution in [0, 0.1) is 25.7 Å². The first kappa shape index (κ1) is 18.3. The van der Waals surface area contributed by atoms with Crippen LogP contribution in [0.15, 0.2) is 36.4 Å². The molecule has 0 N–H and O–H groups in total. The lowest BCUT2D eigenvalue weighted by Crippen LogP contribution is -2.34. The molecule has 4 nitrogen and oxygen atoms in total. The summed E-state index contributed by atoms with van der Waals surface area (Å²) < 4.78 is 16.9. The fourth-order valence-corrected chi connectivity index (χ4v) is 3.93. The smallest absolute Gasteiger partial charge is 0.310 e. The molecule has 2 unspecified atom stereocenters. The zero-order valence-electron chi connectivity index (χ0n) is 16.3. The second-order valence-corrected chi connectivity index (χ2v) is 7.10. The predicted octanol–water partition coefficient (Wildman–Crippen LogP) is 4.39. The molecule has 1 saturated heterocycles. The molecule has 1 aliphatic heterocycles. The van der Waals surface area contributed by atoms with Crippen molar-refractivity contribution in [1.29, 1.82) is 0 Å². The van der Waals surface area contributed by atoms with Gasteiger partial charge in [-0.2, -0.15) is 0 Å². The number of esters is 1. The molecule has 2 aromatic rings. The highest BCUT2D eigenvalue weighted by Gasteiger charge is 2.54.